The largest absolute Gasteiger partial charge is 1.00 e. The smallest absolute Gasteiger partial charge is 1.00 e. The van der Waals surface area contributed by atoms with Crippen LogP contribution in [0.25, 0.3) is 22.3 Å². The minimum Gasteiger partial charge on any atom is -1.00 e. The van der Waals surface area contributed by atoms with Crippen LogP contribution >= 0.6 is 0 Å². The van der Waals surface area contributed by atoms with Gasteiger partial charge in [-0.05, 0) is 0 Å². The van der Waals surface area contributed by atoms with E-state index in [1.807, 2.05) is 0 Å². The first-order chi connectivity index (χ1) is 20.2. The van der Waals surface area contributed by atoms with Gasteiger partial charge >= 0.3 is 260 Å². The molecule has 43 heavy (non-hydrogen) atoms. The quantitative estimate of drug-likeness (QED) is 0.308. The van der Waals surface area contributed by atoms with Crippen LogP contribution in [0.4, 0.5) is 0 Å². The molecular formula is C40H42Cl2Zr. The number of halogens is 2. The second-order valence-electron chi connectivity index (χ2n) is 13.5. The minimum atomic E-state index is -1.06. The van der Waals surface area contributed by atoms with Gasteiger partial charge in [0, 0.05) is 0 Å². The molecule has 0 N–H and O–H groups in total. The van der Waals surface area contributed by atoms with Crippen LogP contribution in [-0.2, 0) is 23.2 Å². The van der Waals surface area contributed by atoms with E-state index >= 15 is 0 Å². The summed E-state index contributed by atoms with van der Waals surface area (Å²) < 4.78 is 3.51. The maximum atomic E-state index is 2.59. The Balaban J connectivity index is 0.00000165. The fourth-order valence-electron chi connectivity index (χ4n) is 9.40. The molecule has 0 bridgehead atoms. The van der Waals surface area contributed by atoms with Gasteiger partial charge < -0.3 is 24.8 Å². The molecule has 220 valence electrons. The fourth-order valence-corrected chi connectivity index (χ4v) is 13.0. The average Bonchev–Trinajstić information content (AvgIpc) is 3.56. The van der Waals surface area contributed by atoms with Gasteiger partial charge in [-0.15, -0.1) is 0 Å². The summed E-state index contributed by atoms with van der Waals surface area (Å²) in [5.74, 6) is 2.80. The first-order valence-corrected chi connectivity index (χ1v) is 18.9. The van der Waals surface area contributed by atoms with Crippen LogP contribution in [0.1, 0.15) is 109 Å². The average molecular weight is 685 g/mol. The van der Waals surface area contributed by atoms with Crippen molar-refractivity contribution in [3.8, 4) is 22.3 Å². The molecule has 0 nitrogen and oxygen atoms in total. The molecule has 2 saturated carbocycles. The van der Waals surface area contributed by atoms with Crippen LogP contribution in [0.5, 0.6) is 0 Å². The van der Waals surface area contributed by atoms with E-state index in [1.54, 1.807) is 51.1 Å². The summed E-state index contributed by atoms with van der Waals surface area (Å²) >= 11 is -1.06. The van der Waals surface area contributed by atoms with Crippen LogP contribution in [-0.4, -0.2) is 0 Å². The molecule has 0 radical (unpaired) electrons. The van der Waals surface area contributed by atoms with E-state index in [-0.39, 0.29) is 24.8 Å². The van der Waals surface area contributed by atoms with Crippen molar-refractivity contribution >= 4 is 6.54 Å². The van der Waals surface area contributed by atoms with E-state index in [0.29, 0.717) is 11.8 Å². The first kappa shape index (κ1) is 31.3. The van der Waals surface area contributed by atoms with E-state index in [0.717, 1.165) is 11.8 Å². The van der Waals surface area contributed by atoms with Gasteiger partial charge in [0.1, 0.15) is 0 Å². The van der Waals surface area contributed by atoms with Gasteiger partial charge in [-0.2, -0.15) is 0 Å². The summed E-state index contributed by atoms with van der Waals surface area (Å²) in [5.41, 5.74) is 16.0. The van der Waals surface area contributed by atoms with Crippen molar-refractivity contribution in [3.63, 3.8) is 0 Å². The standard InChI is InChI=1S/2C20H21.2ClH.Zr/c2*1-14-8-7-13-18-19(14)16-11-5-6-12-17(16)20(18)15-9-3-2-4-10-15;;;/h2*5-8,11-12,15,20H,2-4,9-10H2,1H3;2*1H;/q;;;;+2/p-2. The van der Waals surface area contributed by atoms with Crippen LogP contribution in [0.3, 0.4) is 0 Å². The van der Waals surface area contributed by atoms with E-state index < -0.39 is 23.2 Å². The third-order valence-electron chi connectivity index (χ3n) is 11.2. The van der Waals surface area contributed by atoms with Crippen molar-refractivity contribution in [2.45, 2.75) is 89.9 Å². The molecule has 2 unspecified atom stereocenters. The number of hydrogen-bond donors (Lipinski definition) is 0. The van der Waals surface area contributed by atoms with Crippen molar-refractivity contribution < 1.29 is 48.0 Å². The molecule has 0 spiro atoms. The molecule has 2 fully saturated rings. The number of benzene rings is 4. The Kier molecular flexibility index (Phi) is 9.46. The number of aryl methyl sites for hydroxylation is 2. The van der Waals surface area contributed by atoms with Gasteiger partial charge in [0.15, 0.2) is 0 Å². The zero-order chi connectivity index (χ0) is 27.5. The zero-order valence-corrected chi connectivity index (χ0v) is 29.5. The van der Waals surface area contributed by atoms with Crippen LogP contribution in [0.15, 0.2) is 72.8 Å². The van der Waals surface area contributed by atoms with Gasteiger partial charge in [0.05, 0.1) is 0 Å². The zero-order valence-electron chi connectivity index (χ0n) is 25.6. The van der Waals surface area contributed by atoms with E-state index in [4.69, 9.17) is 0 Å². The summed E-state index contributed by atoms with van der Waals surface area (Å²) in [4.78, 5) is 0. The Morgan fingerprint density at radius 2 is 0.884 bits per heavy atom. The summed E-state index contributed by atoms with van der Waals surface area (Å²) in [6.07, 6.45) is 14.1. The Morgan fingerprint density at radius 3 is 1.30 bits per heavy atom. The van der Waals surface area contributed by atoms with Crippen molar-refractivity contribution in [3.05, 3.63) is 106 Å². The van der Waals surface area contributed by atoms with E-state index in [9.17, 15) is 0 Å². The molecule has 4 aromatic rings. The molecular weight excluding hydrogens is 643 g/mol. The number of rotatable bonds is 4. The SMILES string of the molecule is Cc1cc[c]([Zr+2][c]2ccc(C)c3c2C(C2CCCCC2)c2ccccc2-3)c2c1-c1ccccc1C2C1CCCCC1.[Cl-].[Cl-]. The van der Waals surface area contributed by atoms with Crippen molar-refractivity contribution in [1.82, 2.24) is 0 Å². The van der Waals surface area contributed by atoms with Gasteiger partial charge in [0.2, 0.25) is 0 Å². The molecule has 0 aromatic heterocycles. The molecule has 4 aromatic carbocycles. The molecule has 4 aliphatic rings. The molecule has 8 rings (SSSR count). The topological polar surface area (TPSA) is 0 Å². The summed E-state index contributed by atoms with van der Waals surface area (Å²) in [7, 11) is 0. The maximum Gasteiger partial charge on any atom is -1.00 e. The van der Waals surface area contributed by atoms with Crippen molar-refractivity contribution in [2.75, 3.05) is 0 Å². The van der Waals surface area contributed by atoms with Crippen LogP contribution < -0.4 is 31.4 Å². The molecule has 0 heterocycles. The predicted molar refractivity (Wildman–Crippen MR) is 169 cm³/mol. The fraction of sp³-hybridized carbons (Fsp3) is 0.400. The monoisotopic (exact) mass is 682 g/mol. The van der Waals surface area contributed by atoms with E-state index in [2.05, 4.69) is 86.6 Å². The molecule has 0 amide bonds. The third-order valence-corrected chi connectivity index (χ3v) is 14.6. The Labute approximate surface area is 282 Å². The van der Waals surface area contributed by atoms with E-state index in [1.165, 1.54) is 75.3 Å². The number of fused-ring (bicyclic) bond motifs is 6. The first-order valence-electron chi connectivity index (χ1n) is 16.4. The molecule has 4 aliphatic carbocycles. The van der Waals surface area contributed by atoms with Crippen LogP contribution in [0, 0.1) is 25.7 Å². The minimum absolute atomic E-state index is 0. The second kappa shape index (κ2) is 13.0. The molecule has 2 atom stereocenters. The molecule has 3 heteroatoms. The summed E-state index contributed by atoms with van der Waals surface area (Å²) in [6, 6.07) is 29.1. The summed E-state index contributed by atoms with van der Waals surface area (Å²) in [5, 5.41) is 0. The Morgan fingerprint density at radius 1 is 0.488 bits per heavy atom. The number of hydrogen-bond acceptors (Lipinski definition) is 0. The van der Waals surface area contributed by atoms with Crippen molar-refractivity contribution in [2.24, 2.45) is 11.8 Å². The molecule has 0 aliphatic heterocycles. The predicted octanol–water partition coefficient (Wildman–Crippen LogP) is 3.73. The Bertz CT molecular complexity index is 1510. The van der Waals surface area contributed by atoms with Gasteiger partial charge in [0.25, 0.3) is 0 Å². The van der Waals surface area contributed by atoms with Gasteiger partial charge in [-0.25, -0.2) is 0 Å². The third kappa shape index (κ3) is 5.24. The normalized spacial score (nSPS) is 20.6. The van der Waals surface area contributed by atoms with Gasteiger partial charge in [-0.1, -0.05) is 0 Å². The Hall–Kier alpha value is -1.66. The maximum absolute atomic E-state index is 2.59. The van der Waals surface area contributed by atoms with Crippen LogP contribution in [0.2, 0.25) is 0 Å². The van der Waals surface area contributed by atoms with Gasteiger partial charge in [-0.3, -0.25) is 0 Å². The van der Waals surface area contributed by atoms with Crippen molar-refractivity contribution in [1.29, 1.82) is 0 Å². The molecule has 0 saturated heterocycles. The second-order valence-corrected chi connectivity index (χ2v) is 16.8. The summed E-state index contributed by atoms with van der Waals surface area (Å²) in [6.45, 7) is 4.74.